The molecule has 1 aromatic rings. The van der Waals surface area contributed by atoms with Crippen molar-refractivity contribution in [1.82, 2.24) is 19.8 Å². The first-order chi connectivity index (χ1) is 8.55. The number of nitrogens with one attached hydrogen (secondary N) is 2. The van der Waals surface area contributed by atoms with Crippen LogP contribution in [0.15, 0.2) is 17.3 Å². The topological polar surface area (TPSA) is 78.1 Å². The van der Waals surface area contributed by atoms with Crippen LogP contribution in [0.4, 0.5) is 0 Å². The third kappa shape index (κ3) is 2.57. The number of sulfonamides is 1. The second kappa shape index (κ2) is 5.38. The van der Waals surface area contributed by atoms with E-state index < -0.39 is 10.0 Å². The Morgan fingerprint density at radius 2 is 2.17 bits per heavy atom. The van der Waals surface area contributed by atoms with Gasteiger partial charge < -0.3 is 5.32 Å². The Morgan fingerprint density at radius 3 is 2.67 bits per heavy atom. The number of H-pyrrole nitrogens is 1. The Bertz CT molecular complexity index is 463. The SMILES string of the molecule is CNC(C)C1CCN(S(=O)(=O)c2ccn[nH]2)CC1. The lowest BCUT2D eigenvalue weighted by Crippen LogP contribution is -2.43. The zero-order valence-corrected chi connectivity index (χ0v) is 11.6. The molecule has 2 heterocycles. The Hall–Kier alpha value is -0.920. The Balaban J connectivity index is 2.02. The van der Waals surface area contributed by atoms with Crippen molar-refractivity contribution in [2.24, 2.45) is 5.92 Å². The molecule has 1 aromatic heterocycles. The van der Waals surface area contributed by atoms with Crippen molar-refractivity contribution in [3.05, 3.63) is 12.3 Å². The summed E-state index contributed by atoms with van der Waals surface area (Å²) in [5.41, 5.74) is 0. The summed E-state index contributed by atoms with van der Waals surface area (Å²) < 4.78 is 26.0. The van der Waals surface area contributed by atoms with E-state index in [0.717, 1.165) is 12.8 Å². The van der Waals surface area contributed by atoms with E-state index in [2.05, 4.69) is 22.4 Å². The van der Waals surface area contributed by atoms with Gasteiger partial charge in [0.25, 0.3) is 10.0 Å². The number of piperidine rings is 1. The summed E-state index contributed by atoms with van der Waals surface area (Å²) in [5.74, 6) is 0.545. The summed E-state index contributed by atoms with van der Waals surface area (Å²) >= 11 is 0. The van der Waals surface area contributed by atoms with Crippen molar-refractivity contribution >= 4 is 10.0 Å². The fourth-order valence-corrected chi connectivity index (χ4v) is 3.75. The highest BCUT2D eigenvalue weighted by Gasteiger charge is 2.31. The molecule has 2 N–H and O–H groups in total. The molecule has 1 unspecified atom stereocenters. The highest BCUT2D eigenvalue weighted by Crippen LogP contribution is 2.24. The molecule has 1 atom stereocenters. The van der Waals surface area contributed by atoms with Crippen LogP contribution in [0.25, 0.3) is 0 Å². The third-order valence-electron chi connectivity index (χ3n) is 3.75. The van der Waals surface area contributed by atoms with Gasteiger partial charge in [-0.1, -0.05) is 0 Å². The molecule has 7 heteroatoms. The van der Waals surface area contributed by atoms with Crippen LogP contribution in [0.2, 0.25) is 0 Å². The normalized spacial score (nSPS) is 21.0. The Morgan fingerprint density at radius 1 is 1.50 bits per heavy atom. The number of nitrogens with zero attached hydrogens (tertiary/aromatic N) is 2. The molecule has 1 fully saturated rings. The van der Waals surface area contributed by atoms with Crippen LogP contribution in [-0.4, -0.2) is 49.1 Å². The van der Waals surface area contributed by atoms with E-state index >= 15 is 0 Å². The van der Waals surface area contributed by atoms with Gasteiger partial charge in [-0.3, -0.25) is 5.10 Å². The minimum atomic E-state index is -3.38. The Kier molecular flexibility index (Phi) is 4.04. The monoisotopic (exact) mass is 272 g/mol. The molecule has 0 spiro atoms. The summed E-state index contributed by atoms with van der Waals surface area (Å²) in [6.07, 6.45) is 3.26. The van der Waals surface area contributed by atoms with Crippen LogP contribution >= 0.6 is 0 Å². The first kappa shape index (κ1) is 13.5. The molecular weight excluding hydrogens is 252 g/mol. The fourth-order valence-electron chi connectivity index (χ4n) is 2.38. The van der Waals surface area contributed by atoms with Crippen LogP contribution in [0, 0.1) is 5.92 Å². The molecule has 102 valence electrons. The van der Waals surface area contributed by atoms with E-state index in [-0.39, 0.29) is 5.03 Å². The van der Waals surface area contributed by atoms with Gasteiger partial charge in [-0.15, -0.1) is 0 Å². The third-order valence-corrected chi connectivity index (χ3v) is 5.58. The van der Waals surface area contributed by atoms with E-state index in [9.17, 15) is 8.42 Å². The van der Waals surface area contributed by atoms with Gasteiger partial charge in [0.1, 0.15) is 0 Å². The van der Waals surface area contributed by atoms with Crippen LogP contribution in [0.5, 0.6) is 0 Å². The maximum atomic E-state index is 12.2. The van der Waals surface area contributed by atoms with Gasteiger partial charge in [0.2, 0.25) is 0 Å². The minimum absolute atomic E-state index is 0.183. The lowest BCUT2D eigenvalue weighted by molar-refractivity contribution is 0.236. The van der Waals surface area contributed by atoms with E-state index in [0.29, 0.717) is 25.0 Å². The summed E-state index contributed by atoms with van der Waals surface area (Å²) in [6, 6.07) is 1.93. The average molecular weight is 272 g/mol. The first-order valence-electron chi connectivity index (χ1n) is 6.22. The molecule has 0 saturated carbocycles. The molecular formula is C11H20N4O2S. The minimum Gasteiger partial charge on any atom is -0.317 e. The summed E-state index contributed by atoms with van der Waals surface area (Å²) in [7, 11) is -1.44. The van der Waals surface area contributed by atoms with Crippen molar-refractivity contribution in [2.75, 3.05) is 20.1 Å². The van der Waals surface area contributed by atoms with E-state index in [4.69, 9.17) is 0 Å². The molecule has 0 amide bonds. The molecule has 18 heavy (non-hydrogen) atoms. The molecule has 1 aliphatic heterocycles. The van der Waals surface area contributed by atoms with Crippen molar-refractivity contribution in [1.29, 1.82) is 0 Å². The van der Waals surface area contributed by atoms with Crippen molar-refractivity contribution in [3.63, 3.8) is 0 Å². The number of aromatic nitrogens is 2. The molecule has 0 radical (unpaired) electrons. The number of hydrogen-bond donors (Lipinski definition) is 2. The van der Waals surface area contributed by atoms with Gasteiger partial charge in [0.05, 0.1) is 6.20 Å². The van der Waals surface area contributed by atoms with Crippen molar-refractivity contribution in [3.8, 4) is 0 Å². The standard InChI is InChI=1S/C11H20N4O2S/c1-9(12-2)10-4-7-15(8-5-10)18(16,17)11-3-6-13-14-11/h3,6,9-10,12H,4-5,7-8H2,1-2H3,(H,13,14). The van der Waals surface area contributed by atoms with Gasteiger partial charge >= 0.3 is 0 Å². The summed E-state index contributed by atoms with van der Waals surface area (Å²) in [6.45, 7) is 3.31. The van der Waals surface area contributed by atoms with Crippen LogP contribution in [-0.2, 0) is 10.0 Å². The lowest BCUT2D eigenvalue weighted by atomic mass is 9.91. The van der Waals surface area contributed by atoms with Crippen LogP contribution in [0.1, 0.15) is 19.8 Å². The van der Waals surface area contributed by atoms with Gasteiger partial charge in [-0.05, 0) is 38.8 Å². The second-order valence-corrected chi connectivity index (χ2v) is 6.65. The van der Waals surface area contributed by atoms with E-state index in [1.54, 1.807) is 4.31 Å². The van der Waals surface area contributed by atoms with Gasteiger partial charge in [0, 0.05) is 19.1 Å². The zero-order chi connectivity index (χ0) is 13.2. The van der Waals surface area contributed by atoms with E-state index in [1.807, 2.05) is 7.05 Å². The fraction of sp³-hybridized carbons (Fsp3) is 0.727. The molecule has 0 aromatic carbocycles. The lowest BCUT2D eigenvalue weighted by Gasteiger charge is -2.33. The average Bonchev–Trinajstić information content (AvgIpc) is 2.92. The molecule has 0 bridgehead atoms. The predicted octanol–water partition coefficient (Wildman–Crippen LogP) is 0.418. The maximum Gasteiger partial charge on any atom is 0.259 e. The second-order valence-electron chi connectivity index (χ2n) is 4.74. The smallest absolute Gasteiger partial charge is 0.259 e. The van der Waals surface area contributed by atoms with E-state index in [1.165, 1.54) is 12.3 Å². The van der Waals surface area contributed by atoms with Gasteiger partial charge in [-0.25, -0.2) is 8.42 Å². The zero-order valence-electron chi connectivity index (χ0n) is 10.8. The summed E-state index contributed by atoms with van der Waals surface area (Å²) in [4.78, 5) is 0. The van der Waals surface area contributed by atoms with Crippen molar-refractivity contribution in [2.45, 2.75) is 30.8 Å². The van der Waals surface area contributed by atoms with Gasteiger partial charge in [0.15, 0.2) is 5.03 Å². The molecule has 0 aliphatic carbocycles. The molecule has 1 saturated heterocycles. The highest BCUT2D eigenvalue weighted by molar-refractivity contribution is 7.89. The van der Waals surface area contributed by atoms with Gasteiger partial charge in [-0.2, -0.15) is 9.40 Å². The summed E-state index contributed by atoms with van der Waals surface area (Å²) in [5, 5.41) is 9.64. The number of aromatic amines is 1. The molecule has 2 rings (SSSR count). The molecule has 1 aliphatic rings. The van der Waals surface area contributed by atoms with Crippen LogP contribution < -0.4 is 5.32 Å². The highest BCUT2D eigenvalue weighted by atomic mass is 32.2. The maximum absolute atomic E-state index is 12.2. The largest absolute Gasteiger partial charge is 0.317 e. The number of hydrogen-bond acceptors (Lipinski definition) is 4. The quantitative estimate of drug-likeness (QED) is 0.832. The van der Waals surface area contributed by atoms with Crippen molar-refractivity contribution < 1.29 is 8.42 Å². The predicted molar refractivity (Wildman–Crippen MR) is 68.6 cm³/mol. The number of rotatable bonds is 4. The van der Waals surface area contributed by atoms with Crippen LogP contribution in [0.3, 0.4) is 0 Å². The first-order valence-corrected chi connectivity index (χ1v) is 7.66. The Labute approximate surface area is 108 Å². The molecule has 6 nitrogen and oxygen atoms in total.